The zero-order chi connectivity index (χ0) is 20.8. The predicted molar refractivity (Wildman–Crippen MR) is 119 cm³/mol. The lowest BCUT2D eigenvalue weighted by Gasteiger charge is -2.34. The van der Waals surface area contributed by atoms with Gasteiger partial charge in [-0.25, -0.2) is 12.4 Å². The molecule has 2 aromatic carbocycles. The second-order valence-corrected chi connectivity index (χ2v) is 10.7. The first-order valence-corrected chi connectivity index (χ1v) is 11.5. The van der Waals surface area contributed by atoms with Crippen LogP contribution in [0.5, 0.6) is 0 Å². The maximum Gasteiger partial charge on any atom is 0.268 e. The van der Waals surface area contributed by atoms with E-state index < -0.39 is 10.0 Å². The Balaban J connectivity index is 1.73. The Hall–Kier alpha value is -2.31. The van der Waals surface area contributed by atoms with Crippen LogP contribution in [0.25, 0.3) is 10.9 Å². The van der Waals surface area contributed by atoms with E-state index in [1.807, 2.05) is 30.3 Å². The minimum atomic E-state index is -3.65. The quantitative estimate of drug-likeness (QED) is 0.655. The molecule has 4 rings (SSSR count). The SMILES string of the molecule is CN1CCN(c2cccc3c2ccn3S(=O)(=O)c2ccc(C(C)(C)C)cc2)CC1. The third kappa shape index (κ3) is 3.67. The van der Waals surface area contributed by atoms with Crippen LogP contribution < -0.4 is 4.90 Å². The number of nitrogens with zero attached hydrogens (tertiary/aromatic N) is 3. The van der Waals surface area contributed by atoms with Crippen LogP contribution in [0.15, 0.2) is 59.6 Å². The van der Waals surface area contributed by atoms with E-state index in [-0.39, 0.29) is 5.41 Å². The molecule has 0 N–H and O–H groups in total. The van der Waals surface area contributed by atoms with Gasteiger partial charge in [0.25, 0.3) is 10.0 Å². The minimum absolute atomic E-state index is 0.0140. The Morgan fingerprint density at radius 1 is 0.862 bits per heavy atom. The fraction of sp³-hybridized carbons (Fsp3) is 0.391. The molecular formula is C23H29N3O2S. The summed E-state index contributed by atoms with van der Waals surface area (Å²) in [4.78, 5) is 4.97. The van der Waals surface area contributed by atoms with E-state index >= 15 is 0 Å². The topological polar surface area (TPSA) is 45.5 Å². The molecule has 0 unspecified atom stereocenters. The van der Waals surface area contributed by atoms with Gasteiger partial charge in [0.2, 0.25) is 0 Å². The summed E-state index contributed by atoms with van der Waals surface area (Å²) >= 11 is 0. The monoisotopic (exact) mass is 411 g/mol. The number of hydrogen-bond donors (Lipinski definition) is 0. The standard InChI is InChI=1S/C23H29N3O2S/c1-23(2,3)18-8-10-19(11-9-18)29(27,28)26-13-12-20-21(6-5-7-22(20)26)25-16-14-24(4)15-17-25/h5-13H,14-17H2,1-4H3. The molecule has 0 atom stereocenters. The molecular weight excluding hydrogens is 382 g/mol. The lowest BCUT2D eigenvalue weighted by atomic mass is 9.87. The average Bonchev–Trinajstić information content (AvgIpc) is 3.13. The van der Waals surface area contributed by atoms with Crippen molar-refractivity contribution in [1.29, 1.82) is 0 Å². The van der Waals surface area contributed by atoms with E-state index in [1.54, 1.807) is 18.3 Å². The van der Waals surface area contributed by atoms with Crippen molar-refractivity contribution in [2.75, 3.05) is 38.1 Å². The Bertz CT molecular complexity index is 1120. The summed E-state index contributed by atoms with van der Waals surface area (Å²) in [6, 6.07) is 15.1. The van der Waals surface area contributed by atoms with Crippen LogP contribution in [-0.4, -0.2) is 50.5 Å². The van der Waals surface area contributed by atoms with Crippen molar-refractivity contribution in [1.82, 2.24) is 8.87 Å². The first-order chi connectivity index (χ1) is 13.7. The number of likely N-dealkylation sites (N-methyl/N-ethyl adjacent to an activating group) is 1. The van der Waals surface area contributed by atoms with E-state index in [0.717, 1.165) is 48.3 Å². The molecule has 0 spiro atoms. The Morgan fingerprint density at radius 2 is 1.52 bits per heavy atom. The van der Waals surface area contributed by atoms with E-state index in [4.69, 9.17) is 0 Å². The van der Waals surface area contributed by atoms with Gasteiger partial charge in [-0.15, -0.1) is 0 Å². The van der Waals surface area contributed by atoms with Crippen LogP contribution in [0.3, 0.4) is 0 Å². The van der Waals surface area contributed by atoms with Crippen molar-refractivity contribution in [2.45, 2.75) is 31.1 Å². The van der Waals surface area contributed by atoms with Crippen LogP contribution in [0.1, 0.15) is 26.3 Å². The minimum Gasteiger partial charge on any atom is -0.368 e. The molecule has 1 fully saturated rings. The summed E-state index contributed by atoms with van der Waals surface area (Å²) in [5.41, 5.74) is 2.93. The van der Waals surface area contributed by atoms with Gasteiger partial charge in [0, 0.05) is 43.4 Å². The van der Waals surface area contributed by atoms with Gasteiger partial charge in [0.1, 0.15) is 0 Å². The third-order valence-corrected chi connectivity index (χ3v) is 7.50. The van der Waals surface area contributed by atoms with Gasteiger partial charge < -0.3 is 9.80 Å². The lowest BCUT2D eigenvalue weighted by Crippen LogP contribution is -2.44. The van der Waals surface area contributed by atoms with Crippen molar-refractivity contribution in [2.24, 2.45) is 0 Å². The zero-order valence-electron chi connectivity index (χ0n) is 17.6. The Morgan fingerprint density at radius 3 is 2.14 bits per heavy atom. The fourth-order valence-electron chi connectivity index (χ4n) is 3.90. The van der Waals surface area contributed by atoms with Gasteiger partial charge in [0.15, 0.2) is 0 Å². The van der Waals surface area contributed by atoms with Crippen molar-refractivity contribution in [3.63, 3.8) is 0 Å². The number of hydrogen-bond acceptors (Lipinski definition) is 4. The molecule has 1 aromatic heterocycles. The molecule has 1 saturated heterocycles. The first-order valence-electron chi connectivity index (χ1n) is 10.1. The highest BCUT2D eigenvalue weighted by atomic mass is 32.2. The Labute approximate surface area is 173 Å². The number of piperazine rings is 1. The maximum atomic E-state index is 13.3. The summed E-state index contributed by atoms with van der Waals surface area (Å²) in [6.07, 6.45) is 1.68. The lowest BCUT2D eigenvalue weighted by molar-refractivity contribution is 0.313. The maximum absolute atomic E-state index is 13.3. The fourth-order valence-corrected chi connectivity index (χ4v) is 5.25. The molecule has 6 heteroatoms. The molecule has 3 aromatic rings. The number of rotatable bonds is 3. The highest BCUT2D eigenvalue weighted by Gasteiger charge is 2.23. The van der Waals surface area contributed by atoms with Crippen LogP contribution in [0.4, 0.5) is 5.69 Å². The molecule has 154 valence electrons. The van der Waals surface area contributed by atoms with Crippen LogP contribution >= 0.6 is 0 Å². The normalized spacial score (nSPS) is 16.5. The highest BCUT2D eigenvalue weighted by molar-refractivity contribution is 7.90. The van der Waals surface area contributed by atoms with E-state index in [1.165, 1.54) is 3.97 Å². The Kier molecular flexibility index (Phi) is 4.95. The molecule has 1 aliphatic rings. The van der Waals surface area contributed by atoms with Crippen molar-refractivity contribution >= 4 is 26.6 Å². The van der Waals surface area contributed by atoms with Gasteiger partial charge in [-0.1, -0.05) is 39.0 Å². The number of anilines is 1. The van der Waals surface area contributed by atoms with Crippen molar-refractivity contribution in [3.05, 3.63) is 60.3 Å². The second-order valence-electron chi connectivity index (χ2n) is 8.89. The van der Waals surface area contributed by atoms with Crippen LogP contribution in [0, 0.1) is 0 Å². The van der Waals surface area contributed by atoms with Gasteiger partial charge >= 0.3 is 0 Å². The van der Waals surface area contributed by atoms with Crippen LogP contribution in [0.2, 0.25) is 0 Å². The van der Waals surface area contributed by atoms with Gasteiger partial charge in [0.05, 0.1) is 10.4 Å². The third-order valence-electron chi connectivity index (χ3n) is 5.80. The molecule has 2 heterocycles. The molecule has 0 aliphatic carbocycles. The van der Waals surface area contributed by atoms with Crippen LogP contribution in [-0.2, 0) is 15.4 Å². The summed E-state index contributed by atoms with van der Waals surface area (Å²) in [6.45, 7) is 10.3. The van der Waals surface area contributed by atoms with Gasteiger partial charge in [-0.2, -0.15) is 0 Å². The largest absolute Gasteiger partial charge is 0.368 e. The van der Waals surface area contributed by atoms with E-state index in [2.05, 4.69) is 43.7 Å². The molecule has 5 nitrogen and oxygen atoms in total. The summed E-state index contributed by atoms with van der Waals surface area (Å²) in [5, 5.41) is 0.979. The summed E-state index contributed by atoms with van der Waals surface area (Å²) < 4.78 is 28.1. The molecule has 0 bridgehead atoms. The molecule has 29 heavy (non-hydrogen) atoms. The van der Waals surface area contributed by atoms with Gasteiger partial charge in [-0.05, 0) is 48.4 Å². The van der Waals surface area contributed by atoms with Crippen molar-refractivity contribution < 1.29 is 8.42 Å². The second kappa shape index (κ2) is 7.18. The number of fused-ring (bicyclic) bond motifs is 1. The smallest absolute Gasteiger partial charge is 0.268 e. The first kappa shape index (κ1) is 20.0. The molecule has 0 radical (unpaired) electrons. The summed E-state index contributed by atoms with van der Waals surface area (Å²) in [7, 11) is -1.52. The summed E-state index contributed by atoms with van der Waals surface area (Å²) in [5.74, 6) is 0. The van der Waals surface area contributed by atoms with Crippen molar-refractivity contribution in [3.8, 4) is 0 Å². The predicted octanol–water partition coefficient (Wildman–Crippen LogP) is 3.93. The van der Waals surface area contributed by atoms with E-state index in [0.29, 0.717) is 4.90 Å². The van der Waals surface area contributed by atoms with Gasteiger partial charge in [-0.3, -0.25) is 0 Å². The zero-order valence-corrected chi connectivity index (χ0v) is 18.4. The van der Waals surface area contributed by atoms with E-state index in [9.17, 15) is 8.42 Å². The molecule has 1 aliphatic heterocycles. The molecule has 0 amide bonds. The highest BCUT2D eigenvalue weighted by Crippen LogP contribution is 2.31. The number of benzene rings is 2. The number of aromatic nitrogens is 1. The molecule has 0 saturated carbocycles. The average molecular weight is 412 g/mol.